The van der Waals surface area contributed by atoms with E-state index < -0.39 is 11.6 Å². The number of hydrogen-bond acceptors (Lipinski definition) is 1. The van der Waals surface area contributed by atoms with Gasteiger partial charge in [0.2, 0.25) is 0 Å². The molecule has 0 bridgehead atoms. The third-order valence-electron chi connectivity index (χ3n) is 3.15. The van der Waals surface area contributed by atoms with Crippen molar-refractivity contribution in [1.82, 2.24) is 0 Å². The van der Waals surface area contributed by atoms with Crippen LogP contribution in [0.25, 0.3) is 0 Å². The molecule has 0 N–H and O–H groups in total. The fourth-order valence-electron chi connectivity index (χ4n) is 2.32. The third-order valence-corrected chi connectivity index (χ3v) is 3.15. The van der Waals surface area contributed by atoms with Gasteiger partial charge >= 0.3 is 0 Å². The van der Waals surface area contributed by atoms with Crippen LogP contribution >= 0.6 is 0 Å². The van der Waals surface area contributed by atoms with Crippen LogP contribution in [-0.2, 0) is 6.42 Å². The lowest BCUT2D eigenvalue weighted by atomic mass is 9.99. The van der Waals surface area contributed by atoms with E-state index in [4.69, 9.17) is 0 Å². The summed E-state index contributed by atoms with van der Waals surface area (Å²) < 4.78 is 26.3. The van der Waals surface area contributed by atoms with Gasteiger partial charge in [0.1, 0.15) is 11.6 Å². The molecular weight excluding hydrogens is 258 g/mol. The van der Waals surface area contributed by atoms with E-state index in [1.165, 1.54) is 6.07 Å². The minimum absolute atomic E-state index is 0.0456. The summed E-state index contributed by atoms with van der Waals surface area (Å²) in [5.41, 5.74) is 3.29. The first-order valence-corrected chi connectivity index (χ1v) is 6.51. The second-order valence-corrected chi connectivity index (χ2v) is 5.04. The van der Waals surface area contributed by atoms with Gasteiger partial charge in [-0.15, -0.1) is 0 Å². The molecule has 0 spiro atoms. The fourth-order valence-corrected chi connectivity index (χ4v) is 2.32. The van der Waals surface area contributed by atoms with Crippen LogP contribution in [0.4, 0.5) is 8.78 Å². The number of benzene rings is 2. The van der Waals surface area contributed by atoms with Gasteiger partial charge in [-0.1, -0.05) is 29.3 Å². The minimum Gasteiger partial charge on any atom is -0.294 e. The highest BCUT2D eigenvalue weighted by molar-refractivity contribution is 5.96. The van der Waals surface area contributed by atoms with Crippen LogP contribution in [0, 0.1) is 25.5 Å². The van der Waals surface area contributed by atoms with Gasteiger partial charge in [0, 0.05) is 12.5 Å². The van der Waals surface area contributed by atoms with Gasteiger partial charge in [0.15, 0.2) is 5.78 Å². The van der Waals surface area contributed by atoms with Crippen molar-refractivity contribution in [3.05, 3.63) is 70.3 Å². The van der Waals surface area contributed by atoms with E-state index >= 15 is 0 Å². The summed E-state index contributed by atoms with van der Waals surface area (Å²) in [5, 5.41) is 0. The van der Waals surface area contributed by atoms with Crippen LogP contribution in [0.15, 0.2) is 36.4 Å². The normalized spacial score (nSPS) is 10.6. The van der Waals surface area contributed by atoms with Gasteiger partial charge in [-0.3, -0.25) is 4.79 Å². The molecule has 0 aliphatic heterocycles. The van der Waals surface area contributed by atoms with Crippen LogP contribution in [0.1, 0.15) is 33.5 Å². The highest BCUT2D eigenvalue weighted by Crippen LogP contribution is 2.15. The average molecular weight is 274 g/mol. The van der Waals surface area contributed by atoms with Crippen molar-refractivity contribution in [3.8, 4) is 0 Å². The standard InChI is InChI=1S/C17H16F2O/c1-11-7-12(2)9-13(8-11)3-6-17(20)15-5-4-14(18)10-16(15)19/h4-5,7-10H,3,6H2,1-2H3. The summed E-state index contributed by atoms with van der Waals surface area (Å²) in [6.07, 6.45) is 0.767. The lowest BCUT2D eigenvalue weighted by Gasteiger charge is -2.06. The molecule has 0 aromatic heterocycles. The predicted molar refractivity (Wildman–Crippen MR) is 74.9 cm³/mol. The Hall–Kier alpha value is -2.03. The Bertz CT molecular complexity index is 627. The molecule has 0 aliphatic carbocycles. The lowest BCUT2D eigenvalue weighted by Crippen LogP contribution is -2.04. The second-order valence-electron chi connectivity index (χ2n) is 5.04. The fraction of sp³-hybridized carbons (Fsp3) is 0.235. The SMILES string of the molecule is Cc1cc(C)cc(CCC(=O)c2ccc(F)cc2F)c1. The Labute approximate surface area is 117 Å². The molecule has 2 rings (SSSR count). The molecule has 2 aromatic carbocycles. The van der Waals surface area contributed by atoms with Crippen LogP contribution in [-0.4, -0.2) is 5.78 Å². The molecular formula is C17H16F2O. The maximum atomic E-state index is 13.5. The predicted octanol–water partition coefficient (Wildman–Crippen LogP) is 4.40. The molecule has 0 fully saturated rings. The summed E-state index contributed by atoms with van der Waals surface area (Å²) in [6.45, 7) is 4.00. The Balaban J connectivity index is 2.08. The molecule has 0 amide bonds. The zero-order chi connectivity index (χ0) is 14.7. The minimum atomic E-state index is -0.796. The highest BCUT2D eigenvalue weighted by atomic mass is 19.1. The molecule has 20 heavy (non-hydrogen) atoms. The van der Waals surface area contributed by atoms with Crippen LogP contribution in [0.5, 0.6) is 0 Å². The molecule has 0 aliphatic rings. The number of rotatable bonds is 4. The van der Waals surface area contributed by atoms with Gasteiger partial charge in [-0.25, -0.2) is 8.78 Å². The molecule has 0 unspecified atom stereocenters. The summed E-state index contributed by atoms with van der Waals surface area (Å²) in [7, 11) is 0. The number of aryl methyl sites for hydroxylation is 3. The third kappa shape index (κ3) is 3.50. The van der Waals surface area contributed by atoms with Crippen molar-refractivity contribution in [2.24, 2.45) is 0 Å². The van der Waals surface area contributed by atoms with E-state index in [9.17, 15) is 13.6 Å². The summed E-state index contributed by atoms with van der Waals surface area (Å²) in [5.74, 6) is -1.77. The van der Waals surface area contributed by atoms with Crippen molar-refractivity contribution in [2.45, 2.75) is 26.7 Å². The number of hydrogen-bond donors (Lipinski definition) is 0. The zero-order valence-corrected chi connectivity index (χ0v) is 11.5. The number of carbonyl (C=O) groups is 1. The smallest absolute Gasteiger partial charge is 0.166 e. The Morgan fingerprint density at radius 1 is 1.00 bits per heavy atom. The molecule has 0 atom stereocenters. The zero-order valence-electron chi connectivity index (χ0n) is 11.5. The van der Waals surface area contributed by atoms with Crippen LogP contribution in [0.2, 0.25) is 0 Å². The number of halogens is 2. The van der Waals surface area contributed by atoms with Crippen LogP contribution < -0.4 is 0 Å². The molecule has 0 saturated carbocycles. The molecule has 2 aromatic rings. The highest BCUT2D eigenvalue weighted by Gasteiger charge is 2.12. The maximum absolute atomic E-state index is 13.5. The Morgan fingerprint density at radius 2 is 1.65 bits per heavy atom. The topological polar surface area (TPSA) is 17.1 Å². The van der Waals surface area contributed by atoms with Gasteiger partial charge in [-0.2, -0.15) is 0 Å². The van der Waals surface area contributed by atoms with Gasteiger partial charge in [-0.05, 0) is 38.0 Å². The van der Waals surface area contributed by atoms with E-state index in [2.05, 4.69) is 6.07 Å². The second kappa shape index (κ2) is 5.95. The van der Waals surface area contributed by atoms with E-state index in [0.29, 0.717) is 6.42 Å². The first-order chi connectivity index (χ1) is 9.45. The van der Waals surface area contributed by atoms with E-state index in [0.717, 1.165) is 28.8 Å². The molecule has 1 nitrogen and oxygen atoms in total. The molecule has 104 valence electrons. The lowest BCUT2D eigenvalue weighted by molar-refractivity contribution is 0.0979. The van der Waals surface area contributed by atoms with Crippen molar-refractivity contribution < 1.29 is 13.6 Å². The quantitative estimate of drug-likeness (QED) is 0.755. The summed E-state index contributed by atoms with van der Waals surface area (Å²) >= 11 is 0. The molecule has 0 radical (unpaired) electrons. The Kier molecular flexibility index (Phi) is 4.28. The monoisotopic (exact) mass is 274 g/mol. The number of Topliss-reactive ketones (excluding diaryl/α,β-unsaturated/α-hetero) is 1. The molecule has 0 heterocycles. The van der Waals surface area contributed by atoms with Gasteiger partial charge in [0.05, 0.1) is 5.56 Å². The van der Waals surface area contributed by atoms with Crippen molar-refractivity contribution >= 4 is 5.78 Å². The summed E-state index contributed by atoms with van der Waals surface area (Å²) in [6, 6.07) is 9.14. The van der Waals surface area contributed by atoms with Gasteiger partial charge in [0.25, 0.3) is 0 Å². The number of ketones is 1. The molecule has 3 heteroatoms. The Morgan fingerprint density at radius 3 is 2.25 bits per heavy atom. The first kappa shape index (κ1) is 14.4. The van der Waals surface area contributed by atoms with E-state index in [1.807, 2.05) is 26.0 Å². The maximum Gasteiger partial charge on any atom is 0.166 e. The van der Waals surface area contributed by atoms with Gasteiger partial charge < -0.3 is 0 Å². The van der Waals surface area contributed by atoms with Crippen LogP contribution in [0.3, 0.4) is 0 Å². The average Bonchev–Trinajstić information content (AvgIpc) is 2.35. The van der Waals surface area contributed by atoms with E-state index in [-0.39, 0.29) is 17.8 Å². The van der Waals surface area contributed by atoms with Crippen molar-refractivity contribution in [2.75, 3.05) is 0 Å². The number of carbonyl (C=O) groups excluding carboxylic acids is 1. The van der Waals surface area contributed by atoms with E-state index in [1.54, 1.807) is 0 Å². The van der Waals surface area contributed by atoms with Crippen molar-refractivity contribution in [1.29, 1.82) is 0 Å². The molecule has 0 saturated heterocycles. The first-order valence-electron chi connectivity index (χ1n) is 6.51. The summed E-state index contributed by atoms with van der Waals surface area (Å²) in [4.78, 5) is 12.0. The largest absolute Gasteiger partial charge is 0.294 e. The van der Waals surface area contributed by atoms with Crippen molar-refractivity contribution in [3.63, 3.8) is 0 Å².